The van der Waals surface area contributed by atoms with E-state index in [9.17, 15) is 21.6 Å². The first-order chi connectivity index (χ1) is 9.54. The molecule has 0 amide bonds. The van der Waals surface area contributed by atoms with Crippen LogP contribution in [0, 0.1) is 0 Å². The molecule has 21 heavy (non-hydrogen) atoms. The monoisotopic (exact) mass is 345 g/mol. The molecule has 0 unspecified atom stereocenters. The minimum Gasteiger partial charge on any atom is -0.340 e. The Hall–Kier alpha value is -0.830. The summed E-state index contributed by atoms with van der Waals surface area (Å²) in [7, 11) is -0.233. The molecule has 9 heteroatoms. The Morgan fingerprint density at radius 3 is 2.43 bits per heavy atom. The summed E-state index contributed by atoms with van der Waals surface area (Å²) >= 11 is 5.70. The summed E-state index contributed by atoms with van der Waals surface area (Å²) in [6.07, 6.45) is -4.05. The van der Waals surface area contributed by atoms with Crippen molar-refractivity contribution < 1.29 is 26.5 Å². The van der Waals surface area contributed by atoms with Gasteiger partial charge in [0.15, 0.2) is 0 Å². The van der Waals surface area contributed by atoms with Crippen LogP contribution in [0.3, 0.4) is 0 Å². The molecular weight excluding hydrogens is 329 g/mol. The summed E-state index contributed by atoms with van der Waals surface area (Å²) in [5.74, 6) is 0. The van der Waals surface area contributed by atoms with E-state index in [2.05, 4.69) is 4.72 Å². The van der Waals surface area contributed by atoms with Gasteiger partial charge >= 0.3 is 6.18 Å². The maximum Gasteiger partial charge on any atom is 0.416 e. The van der Waals surface area contributed by atoms with Gasteiger partial charge in [0.25, 0.3) is 0 Å². The summed E-state index contributed by atoms with van der Waals surface area (Å²) in [5.41, 5.74) is -1.05. The number of hydrogen-bond acceptors (Lipinski definition) is 2. The van der Waals surface area contributed by atoms with Crippen molar-refractivity contribution >= 4 is 21.6 Å². The predicted octanol–water partition coefficient (Wildman–Crippen LogP) is 1.17. The summed E-state index contributed by atoms with van der Waals surface area (Å²) in [4.78, 5) is 0.586. The lowest BCUT2D eigenvalue weighted by Gasteiger charge is -2.12. The Morgan fingerprint density at radius 1 is 1.29 bits per heavy atom. The van der Waals surface area contributed by atoms with Gasteiger partial charge in [0, 0.05) is 13.0 Å². The van der Waals surface area contributed by atoms with Crippen LogP contribution in [0.2, 0.25) is 5.02 Å². The lowest BCUT2D eigenvalue weighted by molar-refractivity contribution is -0.858. The third-order valence-electron chi connectivity index (χ3n) is 2.69. The minimum atomic E-state index is -4.62. The maximum atomic E-state index is 12.6. The van der Waals surface area contributed by atoms with Gasteiger partial charge in [0.1, 0.15) is 4.90 Å². The van der Waals surface area contributed by atoms with E-state index in [0.29, 0.717) is 12.5 Å². The van der Waals surface area contributed by atoms with E-state index in [1.54, 1.807) is 0 Å². The zero-order chi connectivity index (χ0) is 16.3. The highest BCUT2D eigenvalue weighted by Crippen LogP contribution is 2.33. The van der Waals surface area contributed by atoms with Crippen molar-refractivity contribution in [3.8, 4) is 0 Å². The molecule has 4 nitrogen and oxygen atoms in total. The highest BCUT2D eigenvalue weighted by Gasteiger charge is 2.32. The number of nitrogens with one attached hydrogen (secondary N) is 2. The molecule has 2 N–H and O–H groups in total. The molecule has 0 fully saturated rings. The molecule has 1 aromatic rings. The van der Waals surface area contributed by atoms with Crippen molar-refractivity contribution in [2.24, 2.45) is 0 Å². The number of benzene rings is 1. The van der Waals surface area contributed by atoms with E-state index in [0.717, 1.165) is 23.6 Å². The van der Waals surface area contributed by atoms with Gasteiger partial charge in [-0.05, 0) is 18.2 Å². The number of halogens is 4. The summed E-state index contributed by atoms with van der Waals surface area (Å²) in [6, 6.07) is 2.22. The smallest absolute Gasteiger partial charge is 0.340 e. The van der Waals surface area contributed by atoms with Crippen LogP contribution in [0.15, 0.2) is 23.1 Å². The molecule has 0 saturated carbocycles. The molecule has 0 aromatic heterocycles. The largest absolute Gasteiger partial charge is 0.416 e. The highest BCUT2D eigenvalue weighted by molar-refractivity contribution is 7.89. The Morgan fingerprint density at radius 2 is 1.90 bits per heavy atom. The second-order valence-electron chi connectivity index (χ2n) is 4.85. The lowest BCUT2D eigenvalue weighted by Crippen LogP contribution is -3.05. The van der Waals surface area contributed by atoms with Crippen LogP contribution < -0.4 is 9.62 Å². The maximum absolute atomic E-state index is 12.6. The van der Waals surface area contributed by atoms with Crippen molar-refractivity contribution in [3.05, 3.63) is 28.8 Å². The van der Waals surface area contributed by atoms with E-state index < -0.39 is 26.7 Å². The zero-order valence-corrected chi connectivity index (χ0v) is 13.2. The van der Waals surface area contributed by atoms with E-state index >= 15 is 0 Å². The van der Waals surface area contributed by atoms with E-state index in [1.165, 1.54) is 0 Å². The summed E-state index contributed by atoms with van der Waals surface area (Å²) in [6.45, 7) is 0.874. The van der Waals surface area contributed by atoms with Crippen molar-refractivity contribution in [3.63, 3.8) is 0 Å². The second kappa shape index (κ2) is 6.95. The second-order valence-corrected chi connectivity index (χ2v) is 6.99. The molecule has 0 bridgehead atoms. The van der Waals surface area contributed by atoms with E-state index in [4.69, 9.17) is 11.6 Å². The van der Waals surface area contributed by atoms with Crippen LogP contribution >= 0.6 is 11.6 Å². The SMILES string of the molecule is C[NH+](C)CCCNS(=O)(=O)c1cc(C(F)(F)F)ccc1Cl. The molecule has 0 aliphatic carbocycles. The first kappa shape index (κ1) is 18.2. The summed E-state index contributed by atoms with van der Waals surface area (Å²) < 4.78 is 64.1. The van der Waals surface area contributed by atoms with Gasteiger partial charge < -0.3 is 4.90 Å². The van der Waals surface area contributed by atoms with Gasteiger partial charge in [-0.3, -0.25) is 0 Å². The van der Waals surface area contributed by atoms with Crippen LogP contribution in [-0.2, 0) is 16.2 Å². The fourth-order valence-corrected chi connectivity index (χ4v) is 3.21. The predicted molar refractivity (Wildman–Crippen MR) is 73.9 cm³/mol. The fourth-order valence-electron chi connectivity index (χ4n) is 1.61. The number of hydrogen-bond donors (Lipinski definition) is 2. The average Bonchev–Trinajstić information content (AvgIpc) is 2.33. The van der Waals surface area contributed by atoms with E-state index in [1.807, 2.05) is 14.1 Å². The summed E-state index contributed by atoms with van der Waals surface area (Å²) in [5, 5.41) is -0.242. The third-order valence-corrected chi connectivity index (χ3v) is 4.64. The minimum absolute atomic E-state index is 0.139. The fraction of sp³-hybridized carbons (Fsp3) is 0.500. The molecule has 0 aliphatic heterocycles. The van der Waals surface area contributed by atoms with Crippen molar-refractivity contribution in [1.82, 2.24) is 4.72 Å². The standard InChI is InChI=1S/C12H16ClF3N2O2S/c1-18(2)7-3-6-17-21(19,20)11-8-9(12(14,15)16)4-5-10(11)13/h4-5,8,17H,3,6-7H2,1-2H3/p+1. The van der Waals surface area contributed by atoms with Crippen molar-refractivity contribution in [1.29, 1.82) is 0 Å². The number of rotatable bonds is 6. The van der Waals surface area contributed by atoms with Crippen LogP contribution in [0.4, 0.5) is 13.2 Å². The molecule has 1 rings (SSSR count). The van der Waals surface area contributed by atoms with Crippen LogP contribution in [-0.4, -0.2) is 35.6 Å². The van der Waals surface area contributed by atoms with Gasteiger partial charge in [0.2, 0.25) is 10.0 Å². The molecule has 0 aliphatic rings. The van der Waals surface area contributed by atoms with Crippen molar-refractivity contribution in [2.75, 3.05) is 27.2 Å². The van der Waals surface area contributed by atoms with Gasteiger partial charge in [-0.25, -0.2) is 13.1 Å². The van der Waals surface area contributed by atoms with Crippen LogP contribution in [0.1, 0.15) is 12.0 Å². The van der Waals surface area contributed by atoms with Gasteiger partial charge in [-0.1, -0.05) is 11.6 Å². The first-order valence-electron chi connectivity index (χ1n) is 6.19. The van der Waals surface area contributed by atoms with Gasteiger partial charge in [0.05, 0.1) is 31.2 Å². The lowest BCUT2D eigenvalue weighted by atomic mass is 10.2. The van der Waals surface area contributed by atoms with E-state index in [-0.39, 0.29) is 11.6 Å². The molecule has 1 aromatic carbocycles. The Kier molecular flexibility index (Phi) is 6.03. The molecular formula is C12H17ClF3N2O2S+. The Balaban J connectivity index is 2.92. The first-order valence-corrected chi connectivity index (χ1v) is 8.05. The molecule has 0 saturated heterocycles. The molecule has 0 heterocycles. The molecule has 0 spiro atoms. The topological polar surface area (TPSA) is 50.6 Å². The van der Waals surface area contributed by atoms with Crippen LogP contribution in [0.5, 0.6) is 0 Å². The van der Waals surface area contributed by atoms with Gasteiger partial charge in [-0.2, -0.15) is 13.2 Å². The molecule has 0 atom stereocenters. The van der Waals surface area contributed by atoms with Gasteiger partial charge in [-0.15, -0.1) is 0 Å². The normalized spacial score (nSPS) is 12.9. The number of sulfonamides is 1. The zero-order valence-electron chi connectivity index (χ0n) is 11.6. The Labute approximate surface area is 126 Å². The molecule has 120 valence electrons. The average molecular weight is 346 g/mol. The quantitative estimate of drug-likeness (QED) is 0.761. The third kappa shape index (κ3) is 5.46. The van der Waals surface area contributed by atoms with Crippen LogP contribution in [0.25, 0.3) is 0 Å². The number of quaternary nitrogens is 1. The highest BCUT2D eigenvalue weighted by atomic mass is 35.5. The molecule has 0 radical (unpaired) electrons. The number of alkyl halides is 3. The Bertz CT molecular complexity index is 589. The van der Waals surface area contributed by atoms with Crippen molar-refractivity contribution in [2.45, 2.75) is 17.5 Å².